The molecule has 0 aliphatic heterocycles. The van der Waals surface area contributed by atoms with Gasteiger partial charge in [-0.3, -0.25) is 9.59 Å². The average molecular weight is 388 g/mol. The molecule has 3 amide bonds. The number of carboxylic acid groups (broad SMARTS) is 2. The van der Waals surface area contributed by atoms with Crippen LogP contribution in [0.2, 0.25) is 0 Å². The quantitative estimate of drug-likeness (QED) is 0.293. The van der Waals surface area contributed by atoms with Gasteiger partial charge in [-0.15, -0.1) is 0 Å². The second-order valence-electron chi connectivity index (χ2n) is 4.86. The van der Waals surface area contributed by atoms with E-state index in [9.17, 15) is 27.6 Å². The molecule has 0 fully saturated rings. The van der Waals surface area contributed by atoms with Gasteiger partial charge in [0.15, 0.2) is 0 Å². The molecule has 0 radical (unpaired) electrons. The summed E-state index contributed by atoms with van der Waals surface area (Å²) in [7, 11) is 0. The van der Waals surface area contributed by atoms with Gasteiger partial charge in [0.1, 0.15) is 6.04 Å². The maximum Gasteiger partial charge on any atom is 0.490 e. The summed E-state index contributed by atoms with van der Waals surface area (Å²) in [6.45, 7) is 2.36. The van der Waals surface area contributed by atoms with Crippen LogP contribution >= 0.6 is 0 Å². The van der Waals surface area contributed by atoms with Crippen LogP contribution in [0.15, 0.2) is 0 Å². The second kappa shape index (κ2) is 13.7. The summed E-state index contributed by atoms with van der Waals surface area (Å²) < 4.78 is 31.7. The number of unbranched alkanes of at least 4 members (excludes halogenated alkanes) is 1. The molecule has 0 saturated heterocycles. The number of nitrogens with one attached hydrogen (secondary N) is 3. The van der Waals surface area contributed by atoms with Crippen molar-refractivity contribution in [1.29, 1.82) is 0 Å². The number of carboxylic acids is 1. The molecule has 26 heavy (non-hydrogen) atoms. The number of carbonyl (C=O) groups is 4. The average Bonchev–Trinajstić information content (AvgIpc) is 2.50. The summed E-state index contributed by atoms with van der Waals surface area (Å²) in [5, 5.41) is 22.9. The molecule has 0 spiro atoms. The Morgan fingerprint density at radius 3 is 1.96 bits per heavy atom. The fourth-order valence-electron chi connectivity index (χ4n) is 1.50. The van der Waals surface area contributed by atoms with E-state index < -0.39 is 24.3 Å². The summed E-state index contributed by atoms with van der Waals surface area (Å²) in [6.07, 6.45) is -4.47. The van der Waals surface area contributed by atoms with E-state index in [1.165, 1.54) is 6.92 Å². The van der Waals surface area contributed by atoms with Gasteiger partial charge in [0.25, 0.3) is 0 Å². The number of alkyl halides is 3. The maximum absolute atomic E-state index is 11.7. The number of carbonyl (C=O) groups excluding carboxylic acids is 2. The fraction of sp³-hybridized carbons (Fsp3) is 0.692. The Hall–Kier alpha value is -2.57. The zero-order valence-electron chi connectivity index (χ0n) is 14.1. The first-order valence-corrected chi connectivity index (χ1v) is 7.43. The van der Waals surface area contributed by atoms with E-state index in [0.29, 0.717) is 38.9 Å². The predicted molar refractivity (Wildman–Crippen MR) is 83.2 cm³/mol. The molecule has 0 heterocycles. The second-order valence-corrected chi connectivity index (χ2v) is 4.86. The van der Waals surface area contributed by atoms with Crippen molar-refractivity contribution in [2.75, 3.05) is 19.6 Å². The van der Waals surface area contributed by atoms with Crippen LogP contribution in [0.4, 0.5) is 18.0 Å². The Morgan fingerprint density at radius 2 is 1.58 bits per heavy atom. The lowest BCUT2D eigenvalue weighted by Crippen LogP contribution is -2.47. The summed E-state index contributed by atoms with van der Waals surface area (Å²) in [5.74, 6) is -3.31. The number of amides is 3. The van der Waals surface area contributed by atoms with Crippen molar-refractivity contribution in [3.05, 3.63) is 0 Å². The van der Waals surface area contributed by atoms with Crippen LogP contribution in [0.3, 0.4) is 0 Å². The monoisotopic (exact) mass is 388 g/mol. The smallest absolute Gasteiger partial charge is 0.475 e. The molecule has 0 rings (SSSR count). The summed E-state index contributed by atoms with van der Waals surface area (Å²) in [4.78, 5) is 41.8. The Morgan fingerprint density at radius 1 is 1.04 bits per heavy atom. The van der Waals surface area contributed by atoms with Crippen LogP contribution < -0.4 is 21.7 Å². The van der Waals surface area contributed by atoms with Crippen LogP contribution in [0.1, 0.15) is 26.2 Å². The fourth-order valence-corrected chi connectivity index (χ4v) is 1.50. The van der Waals surface area contributed by atoms with Gasteiger partial charge in [0.2, 0.25) is 11.8 Å². The lowest BCUT2D eigenvalue weighted by atomic mass is 10.1. The SMILES string of the molecule is CC(=O)N[C@@H](CCCCNC(=O)O)C(=O)NCCN.O=C(O)C(F)(F)F. The van der Waals surface area contributed by atoms with Gasteiger partial charge in [0.05, 0.1) is 0 Å². The Labute approximate surface area is 147 Å². The van der Waals surface area contributed by atoms with E-state index in [-0.39, 0.29) is 11.8 Å². The standard InChI is InChI=1S/C11H22N4O4.C2HF3O2/c1-8(16)15-9(10(17)13-7-5-12)4-2-3-6-14-11(18)19;3-2(4,5)1(6)7/h9,14H,2-7,12H2,1H3,(H,13,17)(H,15,16)(H,18,19);(H,6,7)/t9-;/m0./s1. The molecule has 0 saturated carbocycles. The molecular formula is C13H23F3N4O6. The first-order valence-electron chi connectivity index (χ1n) is 7.43. The third-order valence-electron chi connectivity index (χ3n) is 2.58. The highest BCUT2D eigenvalue weighted by Crippen LogP contribution is 2.13. The van der Waals surface area contributed by atoms with Crippen molar-refractivity contribution in [3.63, 3.8) is 0 Å². The molecule has 0 aliphatic carbocycles. The zero-order valence-corrected chi connectivity index (χ0v) is 14.1. The molecule has 152 valence electrons. The molecule has 10 nitrogen and oxygen atoms in total. The zero-order chi connectivity index (χ0) is 20.8. The third kappa shape index (κ3) is 16.3. The number of nitrogens with two attached hydrogens (primary N) is 1. The predicted octanol–water partition coefficient (Wildman–Crippen LogP) is -0.363. The maximum atomic E-state index is 11.7. The Bertz CT molecular complexity index is 473. The van der Waals surface area contributed by atoms with Gasteiger partial charge in [-0.1, -0.05) is 0 Å². The number of aliphatic carboxylic acids is 1. The van der Waals surface area contributed by atoms with E-state index in [4.69, 9.17) is 20.7 Å². The molecule has 1 atom stereocenters. The minimum absolute atomic E-state index is 0.271. The topological polar surface area (TPSA) is 171 Å². The highest BCUT2D eigenvalue weighted by atomic mass is 19.4. The molecule has 13 heteroatoms. The van der Waals surface area contributed by atoms with Gasteiger partial charge in [-0.25, -0.2) is 9.59 Å². The lowest BCUT2D eigenvalue weighted by Gasteiger charge is -2.17. The molecule has 0 aromatic rings. The molecule has 7 N–H and O–H groups in total. The van der Waals surface area contributed by atoms with E-state index in [0.717, 1.165) is 0 Å². The number of rotatable bonds is 9. The lowest BCUT2D eigenvalue weighted by molar-refractivity contribution is -0.192. The van der Waals surface area contributed by atoms with E-state index >= 15 is 0 Å². The van der Waals surface area contributed by atoms with E-state index in [2.05, 4.69) is 16.0 Å². The third-order valence-corrected chi connectivity index (χ3v) is 2.58. The van der Waals surface area contributed by atoms with Crippen molar-refractivity contribution in [2.45, 2.75) is 38.4 Å². The van der Waals surface area contributed by atoms with Gasteiger partial charge in [-0.2, -0.15) is 13.2 Å². The minimum atomic E-state index is -5.08. The van der Waals surface area contributed by atoms with Crippen LogP contribution in [-0.4, -0.2) is 65.9 Å². The van der Waals surface area contributed by atoms with E-state index in [1.54, 1.807) is 0 Å². The van der Waals surface area contributed by atoms with Crippen molar-refractivity contribution in [3.8, 4) is 0 Å². The number of hydrogen-bond donors (Lipinski definition) is 6. The molecule has 0 aliphatic rings. The van der Waals surface area contributed by atoms with Crippen LogP contribution in [-0.2, 0) is 14.4 Å². The first kappa shape index (κ1) is 25.7. The van der Waals surface area contributed by atoms with Gasteiger partial charge in [-0.05, 0) is 19.3 Å². The van der Waals surface area contributed by atoms with Crippen LogP contribution in [0, 0.1) is 0 Å². The molecule has 0 bridgehead atoms. The largest absolute Gasteiger partial charge is 0.490 e. The molecule has 0 aromatic carbocycles. The van der Waals surface area contributed by atoms with Gasteiger partial charge >= 0.3 is 18.2 Å². The summed E-state index contributed by atoms with van der Waals surface area (Å²) >= 11 is 0. The first-order chi connectivity index (χ1) is 11.9. The minimum Gasteiger partial charge on any atom is -0.475 e. The van der Waals surface area contributed by atoms with Crippen LogP contribution in [0.25, 0.3) is 0 Å². The highest BCUT2D eigenvalue weighted by Gasteiger charge is 2.38. The highest BCUT2D eigenvalue weighted by molar-refractivity contribution is 5.86. The van der Waals surface area contributed by atoms with E-state index in [1.807, 2.05) is 0 Å². The molecule has 0 unspecified atom stereocenters. The normalized spacial score (nSPS) is 11.4. The summed E-state index contributed by atoms with van der Waals surface area (Å²) in [5.41, 5.74) is 5.28. The van der Waals surface area contributed by atoms with Gasteiger partial charge < -0.3 is 31.9 Å². The van der Waals surface area contributed by atoms with Crippen LogP contribution in [0.5, 0.6) is 0 Å². The van der Waals surface area contributed by atoms with Crippen molar-refractivity contribution >= 4 is 23.9 Å². The number of hydrogen-bond acceptors (Lipinski definition) is 5. The summed E-state index contributed by atoms with van der Waals surface area (Å²) in [6, 6.07) is -0.603. The van der Waals surface area contributed by atoms with Crippen molar-refractivity contribution in [2.24, 2.45) is 5.73 Å². The Kier molecular flexibility index (Phi) is 13.5. The molecule has 0 aromatic heterocycles. The Balaban J connectivity index is 0. The van der Waals surface area contributed by atoms with Crippen molar-refractivity contribution < 1.29 is 42.6 Å². The van der Waals surface area contributed by atoms with Gasteiger partial charge in [0, 0.05) is 26.6 Å². The number of halogens is 3. The van der Waals surface area contributed by atoms with Crippen molar-refractivity contribution in [1.82, 2.24) is 16.0 Å². The molecular weight excluding hydrogens is 365 g/mol.